The van der Waals surface area contributed by atoms with Crippen molar-refractivity contribution in [2.24, 2.45) is 5.41 Å². The molecule has 0 saturated carbocycles. The first-order valence-corrected chi connectivity index (χ1v) is 5.77. The van der Waals surface area contributed by atoms with Crippen molar-refractivity contribution in [3.63, 3.8) is 0 Å². The second-order valence-electron chi connectivity index (χ2n) is 5.57. The standard InChI is InChI=1S/C14H21NO/c1-10-6-7-12(11(2)15-10)13(16)8-9-14(3,4)5/h6-7H,8-9H2,1-5H3. The number of nitrogens with zero attached hydrogens (tertiary/aromatic N) is 1. The zero-order chi connectivity index (χ0) is 12.3. The third-order valence-electron chi connectivity index (χ3n) is 2.63. The first-order valence-electron chi connectivity index (χ1n) is 5.77. The maximum absolute atomic E-state index is 12.0. The van der Waals surface area contributed by atoms with Gasteiger partial charge in [-0.25, -0.2) is 0 Å². The van der Waals surface area contributed by atoms with Crippen molar-refractivity contribution < 1.29 is 4.79 Å². The van der Waals surface area contributed by atoms with Crippen LogP contribution in [0.15, 0.2) is 12.1 Å². The van der Waals surface area contributed by atoms with Crippen LogP contribution in [0.1, 0.15) is 55.4 Å². The van der Waals surface area contributed by atoms with E-state index >= 15 is 0 Å². The van der Waals surface area contributed by atoms with E-state index < -0.39 is 0 Å². The van der Waals surface area contributed by atoms with Gasteiger partial charge in [0.15, 0.2) is 5.78 Å². The van der Waals surface area contributed by atoms with E-state index in [4.69, 9.17) is 0 Å². The number of pyridine rings is 1. The van der Waals surface area contributed by atoms with Crippen LogP contribution < -0.4 is 0 Å². The molecule has 0 saturated heterocycles. The van der Waals surface area contributed by atoms with E-state index in [2.05, 4.69) is 25.8 Å². The van der Waals surface area contributed by atoms with Gasteiger partial charge in [0.05, 0.1) is 0 Å². The molecule has 1 rings (SSSR count). The summed E-state index contributed by atoms with van der Waals surface area (Å²) >= 11 is 0. The van der Waals surface area contributed by atoms with Crippen molar-refractivity contribution >= 4 is 5.78 Å². The molecule has 16 heavy (non-hydrogen) atoms. The molecule has 0 atom stereocenters. The van der Waals surface area contributed by atoms with Crippen LogP contribution in [-0.2, 0) is 0 Å². The third kappa shape index (κ3) is 3.76. The molecule has 1 heterocycles. The van der Waals surface area contributed by atoms with Gasteiger partial charge in [-0.2, -0.15) is 0 Å². The van der Waals surface area contributed by atoms with Crippen LogP contribution in [0, 0.1) is 19.3 Å². The second kappa shape index (κ2) is 4.77. The number of aryl methyl sites for hydroxylation is 2. The number of Topliss-reactive ketones (excluding diaryl/α,β-unsaturated/α-hetero) is 1. The monoisotopic (exact) mass is 219 g/mol. The predicted molar refractivity (Wildman–Crippen MR) is 66.7 cm³/mol. The van der Waals surface area contributed by atoms with Gasteiger partial charge < -0.3 is 0 Å². The Balaban J connectivity index is 2.74. The van der Waals surface area contributed by atoms with Crippen molar-refractivity contribution in [2.45, 2.75) is 47.5 Å². The Kier molecular flexibility index (Phi) is 3.84. The van der Waals surface area contributed by atoms with E-state index in [9.17, 15) is 4.79 Å². The molecule has 1 aromatic heterocycles. The molecule has 88 valence electrons. The van der Waals surface area contributed by atoms with Crippen molar-refractivity contribution in [2.75, 3.05) is 0 Å². The van der Waals surface area contributed by atoms with Crippen LogP contribution in [0.4, 0.5) is 0 Å². The van der Waals surface area contributed by atoms with Crippen LogP contribution in [0.25, 0.3) is 0 Å². The van der Waals surface area contributed by atoms with Crippen LogP contribution in [0.5, 0.6) is 0 Å². The lowest BCUT2D eigenvalue weighted by molar-refractivity contribution is 0.0965. The highest BCUT2D eigenvalue weighted by Gasteiger charge is 2.15. The van der Waals surface area contributed by atoms with Crippen molar-refractivity contribution in [1.82, 2.24) is 4.98 Å². The summed E-state index contributed by atoms with van der Waals surface area (Å²) in [6.45, 7) is 10.3. The molecule has 0 spiro atoms. The Morgan fingerprint density at radius 3 is 2.38 bits per heavy atom. The molecule has 0 radical (unpaired) electrons. The lowest BCUT2D eigenvalue weighted by Gasteiger charge is -2.17. The minimum Gasteiger partial charge on any atom is -0.294 e. The number of rotatable bonds is 3. The average Bonchev–Trinajstić information content (AvgIpc) is 2.13. The van der Waals surface area contributed by atoms with E-state index in [0.29, 0.717) is 6.42 Å². The minimum absolute atomic E-state index is 0.208. The molecule has 2 nitrogen and oxygen atoms in total. The van der Waals surface area contributed by atoms with Crippen molar-refractivity contribution in [1.29, 1.82) is 0 Å². The maximum Gasteiger partial charge on any atom is 0.164 e. The quantitative estimate of drug-likeness (QED) is 0.725. The molecule has 0 amide bonds. The van der Waals surface area contributed by atoms with Gasteiger partial charge in [-0.1, -0.05) is 20.8 Å². The average molecular weight is 219 g/mol. The molecular formula is C14H21NO. The lowest BCUT2D eigenvalue weighted by atomic mass is 9.88. The van der Waals surface area contributed by atoms with Gasteiger partial charge in [-0.3, -0.25) is 9.78 Å². The zero-order valence-corrected chi connectivity index (χ0v) is 10.9. The number of ketones is 1. The van der Waals surface area contributed by atoms with Gasteiger partial charge in [-0.15, -0.1) is 0 Å². The van der Waals surface area contributed by atoms with Crippen molar-refractivity contribution in [3.05, 3.63) is 29.1 Å². The molecule has 0 unspecified atom stereocenters. The predicted octanol–water partition coefficient (Wildman–Crippen LogP) is 3.71. The largest absolute Gasteiger partial charge is 0.294 e. The van der Waals surface area contributed by atoms with Gasteiger partial charge >= 0.3 is 0 Å². The fourth-order valence-electron chi connectivity index (χ4n) is 1.60. The Morgan fingerprint density at radius 2 is 1.88 bits per heavy atom. The summed E-state index contributed by atoms with van der Waals surface area (Å²) in [4.78, 5) is 16.3. The molecule has 0 aliphatic heterocycles. The van der Waals surface area contributed by atoms with Gasteiger partial charge in [0.2, 0.25) is 0 Å². The van der Waals surface area contributed by atoms with E-state index in [1.54, 1.807) is 0 Å². The van der Waals surface area contributed by atoms with E-state index in [-0.39, 0.29) is 11.2 Å². The number of carbonyl (C=O) groups excluding carboxylic acids is 1. The number of hydrogen-bond donors (Lipinski definition) is 0. The Hall–Kier alpha value is -1.18. The number of hydrogen-bond acceptors (Lipinski definition) is 2. The molecule has 0 aliphatic carbocycles. The molecule has 0 fully saturated rings. The topological polar surface area (TPSA) is 30.0 Å². The second-order valence-corrected chi connectivity index (χ2v) is 5.57. The highest BCUT2D eigenvalue weighted by atomic mass is 16.1. The van der Waals surface area contributed by atoms with Gasteiger partial charge in [0.25, 0.3) is 0 Å². The summed E-state index contributed by atoms with van der Waals surface area (Å²) in [5.74, 6) is 0.208. The third-order valence-corrected chi connectivity index (χ3v) is 2.63. The normalized spacial score (nSPS) is 11.6. The molecule has 0 N–H and O–H groups in total. The Bertz CT molecular complexity index is 388. The first kappa shape index (κ1) is 12.9. The van der Waals surface area contributed by atoms with Gasteiger partial charge in [-0.05, 0) is 37.8 Å². The summed E-state index contributed by atoms with van der Waals surface area (Å²) in [6, 6.07) is 3.79. The summed E-state index contributed by atoms with van der Waals surface area (Å²) in [5, 5.41) is 0. The van der Waals surface area contributed by atoms with E-state index in [1.165, 1.54) is 0 Å². The number of aromatic nitrogens is 1. The van der Waals surface area contributed by atoms with E-state index in [0.717, 1.165) is 23.4 Å². The Labute approximate surface area is 98.1 Å². The van der Waals surface area contributed by atoms with Gasteiger partial charge in [0.1, 0.15) is 0 Å². The van der Waals surface area contributed by atoms with Gasteiger partial charge in [0, 0.05) is 23.4 Å². The summed E-state index contributed by atoms with van der Waals surface area (Å²) < 4.78 is 0. The molecule has 1 aromatic rings. The van der Waals surface area contributed by atoms with Crippen molar-refractivity contribution in [3.8, 4) is 0 Å². The molecule has 0 bridgehead atoms. The molecular weight excluding hydrogens is 198 g/mol. The number of carbonyl (C=O) groups is 1. The maximum atomic E-state index is 12.0. The highest BCUT2D eigenvalue weighted by molar-refractivity contribution is 5.97. The highest BCUT2D eigenvalue weighted by Crippen LogP contribution is 2.22. The Morgan fingerprint density at radius 1 is 1.25 bits per heavy atom. The SMILES string of the molecule is Cc1ccc(C(=O)CCC(C)(C)C)c(C)n1. The summed E-state index contributed by atoms with van der Waals surface area (Å²) in [7, 11) is 0. The van der Waals surface area contributed by atoms with Crippen LogP contribution in [0.2, 0.25) is 0 Å². The molecule has 0 aliphatic rings. The fraction of sp³-hybridized carbons (Fsp3) is 0.571. The molecule has 0 aromatic carbocycles. The zero-order valence-electron chi connectivity index (χ0n) is 10.9. The summed E-state index contributed by atoms with van der Waals surface area (Å²) in [6.07, 6.45) is 1.52. The van der Waals surface area contributed by atoms with Crippen LogP contribution in [0.3, 0.4) is 0 Å². The smallest absolute Gasteiger partial charge is 0.164 e. The van der Waals surface area contributed by atoms with Crippen LogP contribution in [-0.4, -0.2) is 10.8 Å². The minimum atomic E-state index is 0.208. The fourth-order valence-corrected chi connectivity index (χ4v) is 1.60. The summed E-state index contributed by atoms with van der Waals surface area (Å²) in [5.41, 5.74) is 2.79. The first-order chi connectivity index (χ1) is 7.29. The van der Waals surface area contributed by atoms with Crippen LogP contribution >= 0.6 is 0 Å². The van der Waals surface area contributed by atoms with E-state index in [1.807, 2.05) is 26.0 Å². The molecule has 2 heteroatoms. The lowest BCUT2D eigenvalue weighted by Crippen LogP contribution is -2.10.